The minimum atomic E-state index is -4.94. The second-order valence-electron chi connectivity index (χ2n) is 10.0. The summed E-state index contributed by atoms with van der Waals surface area (Å²) in [5, 5.41) is 0. The molecule has 0 radical (unpaired) electrons. The van der Waals surface area contributed by atoms with Crippen molar-refractivity contribution in [3.8, 4) is 33.8 Å². The highest BCUT2D eigenvalue weighted by Crippen LogP contribution is 2.39. The standard InChI is InChI=1S/C30H41FO5SSi2/c1-7-38(8-2,9-3)35-26-17-13-23(14-18-26)28-21-25(31)22-29(30(28)37(32,33)34)24-15-19-27(20-16-24)36-39(10-4,11-5)12-6/h13-22H,7-12H2,1-6H3,(H,32,33,34)/p-1. The normalized spacial score (nSPS) is 12.4. The van der Waals surface area contributed by atoms with Crippen LogP contribution in [0, 0.1) is 5.82 Å². The fourth-order valence-corrected chi connectivity index (χ4v) is 11.2. The summed E-state index contributed by atoms with van der Waals surface area (Å²) in [7, 11) is -8.74. The van der Waals surface area contributed by atoms with E-state index < -0.39 is 37.5 Å². The first-order chi connectivity index (χ1) is 18.5. The molecule has 0 heterocycles. The minimum Gasteiger partial charge on any atom is -0.744 e. The molecule has 0 amide bonds. The van der Waals surface area contributed by atoms with Crippen molar-refractivity contribution in [1.29, 1.82) is 0 Å². The summed E-state index contributed by atoms with van der Waals surface area (Å²) in [6.07, 6.45) is 0. The van der Waals surface area contributed by atoms with Gasteiger partial charge in [-0.2, -0.15) is 0 Å². The largest absolute Gasteiger partial charge is 0.744 e. The molecule has 3 aromatic rings. The molecule has 5 nitrogen and oxygen atoms in total. The molecule has 0 aliphatic rings. The third-order valence-electron chi connectivity index (χ3n) is 8.17. The maximum Gasteiger partial charge on any atom is 0.250 e. The highest BCUT2D eigenvalue weighted by molar-refractivity contribution is 7.86. The van der Waals surface area contributed by atoms with E-state index in [0.29, 0.717) is 22.6 Å². The van der Waals surface area contributed by atoms with Gasteiger partial charge in [0.2, 0.25) is 16.6 Å². The number of halogens is 1. The van der Waals surface area contributed by atoms with Gasteiger partial charge in [0.1, 0.15) is 27.4 Å². The van der Waals surface area contributed by atoms with Crippen LogP contribution in [0.5, 0.6) is 11.5 Å². The van der Waals surface area contributed by atoms with Gasteiger partial charge in [-0.15, -0.1) is 0 Å². The van der Waals surface area contributed by atoms with Crippen LogP contribution in [0.15, 0.2) is 65.6 Å². The molecule has 3 aromatic carbocycles. The zero-order valence-electron chi connectivity index (χ0n) is 23.8. The highest BCUT2D eigenvalue weighted by Gasteiger charge is 2.31. The number of benzene rings is 3. The molecule has 0 N–H and O–H groups in total. The van der Waals surface area contributed by atoms with Gasteiger partial charge in [0.25, 0.3) is 0 Å². The lowest BCUT2D eigenvalue weighted by molar-refractivity contribution is 0.463. The van der Waals surface area contributed by atoms with Gasteiger partial charge in [-0.25, -0.2) is 12.8 Å². The molecule has 3 rings (SSSR count). The van der Waals surface area contributed by atoms with Crippen LogP contribution in [0.4, 0.5) is 4.39 Å². The molecule has 0 aliphatic heterocycles. The Morgan fingerprint density at radius 3 is 1.21 bits per heavy atom. The van der Waals surface area contributed by atoms with Gasteiger partial charge in [-0.3, -0.25) is 0 Å². The van der Waals surface area contributed by atoms with E-state index in [1.165, 1.54) is 0 Å². The van der Waals surface area contributed by atoms with E-state index in [9.17, 15) is 17.4 Å². The van der Waals surface area contributed by atoms with Crippen LogP contribution in [-0.2, 0) is 10.1 Å². The van der Waals surface area contributed by atoms with Crippen molar-refractivity contribution < 1.29 is 26.2 Å². The maximum atomic E-state index is 14.9. The van der Waals surface area contributed by atoms with Crippen molar-refractivity contribution in [2.45, 2.75) is 82.7 Å². The van der Waals surface area contributed by atoms with Gasteiger partial charge in [0.05, 0.1) is 4.90 Å². The third kappa shape index (κ3) is 7.00. The lowest BCUT2D eigenvalue weighted by Gasteiger charge is -2.29. The lowest BCUT2D eigenvalue weighted by atomic mass is 9.98. The fourth-order valence-electron chi connectivity index (χ4n) is 5.13. The molecule has 0 aromatic heterocycles. The fraction of sp³-hybridized carbons (Fsp3) is 0.400. The maximum absolute atomic E-state index is 14.9. The Kier molecular flexibility index (Phi) is 10.2. The van der Waals surface area contributed by atoms with Gasteiger partial charge in [-0.05, 0) is 83.8 Å². The van der Waals surface area contributed by atoms with Crippen LogP contribution in [0.3, 0.4) is 0 Å². The van der Waals surface area contributed by atoms with Crippen LogP contribution in [-0.4, -0.2) is 29.6 Å². The summed E-state index contributed by atoms with van der Waals surface area (Å²) in [5.74, 6) is 0.762. The van der Waals surface area contributed by atoms with Crippen LogP contribution >= 0.6 is 0 Å². The summed E-state index contributed by atoms with van der Waals surface area (Å²) < 4.78 is 65.4. The molecule has 0 bridgehead atoms. The summed E-state index contributed by atoms with van der Waals surface area (Å²) >= 11 is 0. The average Bonchev–Trinajstić information content (AvgIpc) is 2.94. The van der Waals surface area contributed by atoms with E-state index in [1.54, 1.807) is 48.5 Å². The number of hydrogen-bond acceptors (Lipinski definition) is 5. The summed E-state index contributed by atoms with van der Waals surface area (Å²) in [4.78, 5) is -0.440. The van der Waals surface area contributed by atoms with Crippen LogP contribution in [0.2, 0.25) is 36.3 Å². The minimum absolute atomic E-state index is 0.0335. The zero-order valence-corrected chi connectivity index (χ0v) is 26.7. The number of hydrogen-bond donors (Lipinski definition) is 0. The first kappa shape index (κ1) is 31.1. The predicted octanol–water partition coefficient (Wildman–Crippen LogP) is 8.83. The topological polar surface area (TPSA) is 75.7 Å². The van der Waals surface area contributed by atoms with Crippen LogP contribution in [0.1, 0.15) is 41.5 Å². The summed E-state index contributed by atoms with van der Waals surface area (Å²) in [5.41, 5.74) is 0.926. The van der Waals surface area contributed by atoms with Crippen molar-refractivity contribution in [3.05, 3.63) is 66.5 Å². The molecular weight excluding hydrogens is 548 g/mol. The Morgan fingerprint density at radius 1 is 0.641 bits per heavy atom. The smallest absolute Gasteiger partial charge is 0.250 e. The molecule has 0 spiro atoms. The summed E-state index contributed by atoms with van der Waals surface area (Å²) in [6.45, 7) is 12.8. The van der Waals surface area contributed by atoms with Crippen molar-refractivity contribution in [2.24, 2.45) is 0 Å². The van der Waals surface area contributed by atoms with E-state index in [1.807, 2.05) is 0 Å². The molecule has 0 atom stereocenters. The molecule has 0 fully saturated rings. The average molecular weight is 588 g/mol. The number of rotatable bonds is 13. The van der Waals surface area contributed by atoms with E-state index in [2.05, 4.69) is 41.5 Å². The van der Waals surface area contributed by atoms with Crippen molar-refractivity contribution in [1.82, 2.24) is 0 Å². The monoisotopic (exact) mass is 587 g/mol. The van der Waals surface area contributed by atoms with Gasteiger partial charge in [0, 0.05) is 11.1 Å². The molecule has 212 valence electrons. The lowest BCUT2D eigenvalue weighted by Crippen LogP contribution is -2.39. The van der Waals surface area contributed by atoms with E-state index in [4.69, 9.17) is 8.85 Å². The van der Waals surface area contributed by atoms with E-state index in [-0.39, 0.29) is 11.1 Å². The first-order valence-electron chi connectivity index (χ1n) is 13.9. The van der Waals surface area contributed by atoms with Gasteiger partial charge in [-0.1, -0.05) is 65.8 Å². The van der Waals surface area contributed by atoms with Crippen molar-refractivity contribution in [2.75, 3.05) is 0 Å². The molecule has 0 unspecified atom stereocenters. The van der Waals surface area contributed by atoms with Crippen molar-refractivity contribution >= 4 is 26.8 Å². The van der Waals surface area contributed by atoms with Crippen LogP contribution < -0.4 is 8.85 Å². The Morgan fingerprint density at radius 2 is 0.949 bits per heavy atom. The van der Waals surface area contributed by atoms with E-state index in [0.717, 1.165) is 48.4 Å². The van der Waals surface area contributed by atoms with E-state index >= 15 is 0 Å². The molecule has 0 saturated heterocycles. The quantitative estimate of drug-likeness (QED) is 0.147. The van der Waals surface area contributed by atoms with Gasteiger partial charge >= 0.3 is 0 Å². The molecule has 39 heavy (non-hydrogen) atoms. The first-order valence-corrected chi connectivity index (χ1v) is 20.3. The predicted molar refractivity (Wildman–Crippen MR) is 161 cm³/mol. The summed E-state index contributed by atoms with van der Waals surface area (Å²) in [6, 6.07) is 21.9. The Hall–Kier alpha value is -2.47. The third-order valence-corrected chi connectivity index (χ3v) is 18.2. The molecule has 9 heteroatoms. The van der Waals surface area contributed by atoms with Crippen LogP contribution in [0.25, 0.3) is 22.3 Å². The second kappa shape index (κ2) is 12.8. The Balaban J connectivity index is 2.06. The van der Waals surface area contributed by atoms with Gasteiger partial charge < -0.3 is 13.4 Å². The Bertz CT molecular complexity index is 1250. The Labute approximate surface area is 235 Å². The van der Waals surface area contributed by atoms with Crippen molar-refractivity contribution in [3.63, 3.8) is 0 Å². The SMILES string of the molecule is CC[Si](CC)(CC)Oc1ccc(-c2cc(F)cc(-c3ccc(O[Si](CC)(CC)CC)cc3)c2S(=O)(=O)[O-])cc1. The zero-order chi connectivity index (χ0) is 28.8. The second-order valence-corrected chi connectivity index (χ2v) is 20.7. The highest BCUT2D eigenvalue weighted by atomic mass is 32.2. The molecule has 0 saturated carbocycles. The molecular formula is C30H40FO5SSi2-. The molecule has 0 aliphatic carbocycles. The van der Waals surface area contributed by atoms with Gasteiger partial charge in [0.15, 0.2) is 0 Å².